The van der Waals surface area contributed by atoms with Gasteiger partial charge in [0, 0.05) is 37.2 Å². The molecule has 6 nitrogen and oxygen atoms in total. The molecule has 0 bridgehead atoms. The lowest BCUT2D eigenvalue weighted by molar-refractivity contribution is -0.125. The van der Waals surface area contributed by atoms with E-state index in [0.717, 1.165) is 49.6 Å². The molecule has 2 aliphatic heterocycles. The Labute approximate surface area is 193 Å². The number of piperidine rings is 1. The summed E-state index contributed by atoms with van der Waals surface area (Å²) in [5.74, 6) is -0.744. The van der Waals surface area contributed by atoms with Crippen LogP contribution in [-0.4, -0.2) is 55.2 Å². The number of hydrogen-bond acceptors (Lipinski definition) is 4. The van der Waals surface area contributed by atoms with E-state index >= 15 is 0 Å². The number of likely N-dealkylation sites (tertiary alicyclic amines) is 1. The Morgan fingerprint density at radius 3 is 2.31 bits per heavy atom. The minimum atomic E-state index is -3.85. The second kappa shape index (κ2) is 9.87. The van der Waals surface area contributed by atoms with E-state index in [4.69, 9.17) is 11.6 Å². The second-order valence-electron chi connectivity index (χ2n) is 8.41. The van der Waals surface area contributed by atoms with E-state index in [1.54, 1.807) is 0 Å². The number of carbonyl (C=O) groups excluding carboxylic acids is 1. The van der Waals surface area contributed by atoms with Gasteiger partial charge < -0.3 is 5.32 Å². The topological polar surface area (TPSA) is 69.7 Å². The average Bonchev–Trinajstić information content (AvgIpc) is 3.28. The second-order valence-corrected chi connectivity index (χ2v) is 10.7. The summed E-state index contributed by atoms with van der Waals surface area (Å²) < 4.78 is 40.5. The quantitative estimate of drug-likeness (QED) is 0.689. The van der Waals surface area contributed by atoms with Gasteiger partial charge in [0.05, 0.1) is 4.90 Å². The minimum Gasteiger partial charge on any atom is -0.352 e. The van der Waals surface area contributed by atoms with Gasteiger partial charge in [0.1, 0.15) is 11.9 Å². The SMILES string of the molecule is O=C(NC1CCN(Cc2ccc(Cl)cc2)CC1)[C@H]1CCCN1S(=O)(=O)c1ccc(F)cc1. The van der Waals surface area contributed by atoms with Gasteiger partial charge in [-0.2, -0.15) is 4.31 Å². The van der Waals surface area contributed by atoms with Gasteiger partial charge in [-0.05, 0) is 67.6 Å². The van der Waals surface area contributed by atoms with Crippen molar-refractivity contribution < 1.29 is 17.6 Å². The van der Waals surface area contributed by atoms with Crippen LogP contribution in [0.1, 0.15) is 31.2 Å². The molecule has 0 unspecified atom stereocenters. The van der Waals surface area contributed by atoms with Gasteiger partial charge in [-0.25, -0.2) is 12.8 Å². The monoisotopic (exact) mass is 479 g/mol. The lowest BCUT2D eigenvalue weighted by Crippen LogP contribution is -2.51. The number of carbonyl (C=O) groups is 1. The molecule has 172 valence electrons. The van der Waals surface area contributed by atoms with Gasteiger partial charge in [-0.1, -0.05) is 23.7 Å². The van der Waals surface area contributed by atoms with Crippen LogP contribution in [0.25, 0.3) is 0 Å². The molecule has 1 amide bonds. The summed E-state index contributed by atoms with van der Waals surface area (Å²) in [5, 5.41) is 3.79. The van der Waals surface area contributed by atoms with Crippen molar-refractivity contribution in [1.82, 2.24) is 14.5 Å². The van der Waals surface area contributed by atoms with E-state index in [0.29, 0.717) is 12.8 Å². The molecule has 2 heterocycles. The highest BCUT2D eigenvalue weighted by atomic mass is 35.5. The summed E-state index contributed by atoms with van der Waals surface area (Å²) in [6.45, 7) is 2.84. The maximum atomic E-state index is 13.2. The standard InChI is InChI=1S/C23H27ClFN3O3S/c24-18-5-3-17(4-6-18)16-27-14-11-20(12-15-27)26-23(29)22-2-1-13-28(22)32(30,31)21-9-7-19(25)8-10-21/h3-10,20,22H,1-2,11-16H2,(H,26,29)/t22-/m1/s1. The molecule has 2 aliphatic rings. The van der Waals surface area contributed by atoms with Gasteiger partial charge in [-0.3, -0.25) is 9.69 Å². The molecule has 32 heavy (non-hydrogen) atoms. The van der Waals surface area contributed by atoms with Crippen molar-refractivity contribution in [3.63, 3.8) is 0 Å². The van der Waals surface area contributed by atoms with Crippen molar-refractivity contribution in [3.8, 4) is 0 Å². The van der Waals surface area contributed by atoms with E-state index in [2.05, 4.69) is 10.2 Å². The number of hydrogen-bond donors (Lipinski definition) is 1. The summed E-state index contributed by atoms with van der Waals surface area (Å²) in [6, 6.07) is 11.8. The molecule has 1 N–H and O–H groups in total. The summed E-state index contributed by atoms with van der Waals surface area (Å²) >= 11 is 5.95. The number of nitrogens with one attached hydrogen (secondary N) is 1. The third-order valence-electron chi connectivity index (χ3n) is 6.18. The molecule has 0 saturated carbocycles. The van der Waals surface area contributed by atoms with E-state index in [1.807, 2.05) is 24.3 Å². The molecular formula is C23H27ClFN3O3S. The number of halogens is 2. The maximum Gasteiger partial charge on any atom is 0.243 e. The molecular weight excluding hydrogens is 453 g/mol. The third kappa shape index (κ3) is 5.31. The van der Waals surface area contributed by atoms with Gasteiger partial charge in [-0.15, -0.1) is 0 Å². The van der Waals surface area contributed by atoms with Crippen molar-refractivity contribution >= 4 is 27.5 Å². The number of sulfonamides is 1. The van der Waals surface area contributed by atoms with Crippen LogP contribution in [0.3, 0.4) is 0 Å². The first-order valence-electron chi connectivity index (χ1n) is 10.9. The fourth-order valence-electron chi connectivity index (χ4n) is 4.41. The van der Waals surface area contributed by atoms with Crippen molar-refractivity contribution in [2.45, 2.75) is 49.2 Å². The molecule has 2 aromatic rings. The van der Waals surface area contributed by atoms with Gasteiger partial charge in [0.25, 0.3) is 0 Å². The van der Waals surface area contributed by atoms with Crippen molar-refractivity contribution in [1.29, 1.82) is 0 Å². The minimum absolute atomic E-state index is 0.00843. The Morgan fingerprint density at radius 1 is 1.00 bits per heavy atom. The Kier molecular flexibility index (Phi) is 7.14. The normalized spacial score (nSPS) is 21.0. The van der Waals surface area contributed by atoms with Crippen LogP contribution in [0.2, 0.25) is 5.02 Å². The molecule has 9 heteroatoms. The van der Waals surface area contributed by atoms with E-state index in [1.165, 1.54) is 22.0 Å². The van der Waals surface area contributed by atoms with E-state index < -0.39 is 21.9 Å². The van der Waals surface area contributed by atoms with Crippen LogP contribution in [-0.2, 0) is 21.4 Å². The summed E-state index contributed by atoms with van der Waals surface area (Å²) in [4.78, 5) is 15.3. The predicted octanol–water partition coefficient (Wildman–Crippen LogP) is 3.41. The van der Waals surface area contributed by atoms with Crippen molar-refractivity contribution in [2.75, 3.05) is 19.6 Å². The predicted molar refractivity (Wildman–Crippen MR) is 121 cm³/mol. The zero-order valence-electron chi connectivity index (χ0n) is 17.7. The largest absolute Gasteiger partial charge is 0.352 e. The van der Waals surface area contributed by atoms with Gasteiger partial charge in [0.15, 0.2) is 0 Å². The molecule has 0 aliphatic carbocycles. The molecule has 2 aromatic carbocycles. The zero-order valence-corrected chi connectivity index (χ0v) is 19.3. The highest BCUT2D eigenvalue weighted by Crippen LogP contribution is 2.27. The zero-order chi connectivity index (χ0) is 22.7. The third-order valence-corrected chi connectivity index (χ3v) is 8.35. The molecule has 1 atom stereocenters. The molecule has 4 rings (SSSR count). The van der Waals surface area contributed by atoms with Crippen molar-refractivity contribution in [3.05, 3.63) is 64.9 Å². The first kappa shape index (κ1) is 23.2. The molecule has 2 saturated heterocycles. The Hall–Kier alpha value is -2.00. The van der Waals surface area contributed by atoms with Gasteiger partial charge in [0.2, 0.25) is 15.9 Å². The summed E-state index contributed by atoms with van der Waals surface area (Å²) in [6.07, 6.45) is 2.74. The van der Waals surface area contributed by atoms with Crippen LogP contribution in [0.4, 0.5) is 4.39 Å². The van der Waals surface area contributed by atoms with Crippen LogP contribution < -0.4 is 5.32 Å². The Morgan fingerprint density at radius 2 is 1.66 bits per heavy atom. The smallest absolute Gasteiger partial charge is 0.243 e. The van der Waals surface area contributed by atoms with Crippen molar-refractivity contribution in [2.24, 2.45) is 0 Å². The van der Waals surface area contributed by atoms with Crippen LogP contribution in [0.15, 0.2) is 53.4 Å². The summed E-state index contributed by atoms with van der Waals surface area (Å²) in [7, 11) is -3.85. The highest BCUT2D eigenvalue weighted by molar-refractivity contribution is 7.89. The fourth-order valence-corrected chi connectivity index (χ4v) is 6.20. The molecule has 0 aromatic heterocycles. The molecule has 0 radical (unpaired) electrons. The first-order valence-corrected chi connectivity index (χ1v) is 12.7. The lowest BCUT2D eigenvalue weighted by Gasteiger charge is -2.33. The van der Waals surface area contributed by atoms with Gasteiger partial charge >= 0.3 is 0 Å². The van der Waals surface area contributed by atoms with E-state index in [9.17, 15) is 17.6 Å². The van der Waals surface area contributed by atoms with Crippen LogP contribution >= 0.6 is 11.6 Å². The average molecular weight is 480 g/mol. The van der Waals surface area contributed by atoms with E-state index in [-0.39, 0.29) is 23.4 Å². The number of nitrogens with zero attached hydrogens (tertiary/aromatic N) is 2. The molecule has 2 fully saturated rings. The number of benzene rings is 2. The highest BCUT2D eigenvalue weighted by Gasteiger charge is 2.40. The first-order chi connectivity index (χ1) is 15.3. The number of amides is 1. The maximum absolute atomic E-state index is 13.2. The Bertz CT molecular complexity index is 1040. The van der Waals surface area contributed by atoms with Crippen LogP contribution in [0.5, 0.6) is 0 Å². The lowest BCUT2D eigenvalue weighted by atomic mass is 10.0. The molecule has 0 spiro atoms. The summed E-state index contributed by atoms with van der Waals surface area (Å²) in [5.41, 5.74) is 1.20. The fraction of sp³-hybridized carbons (Fsp3) is 0.435. The Balaban J connectivity index is 1.32. The number of rotatable bonds is 6. The van der Waals surface area contributed by atoms with Crippen LogP contribution in [0, 0.1) is 5.82 Å².